The zero-order valence-electron chi connectivity index (χ0n) is 23.1. The van der Waals surface area contributed by atoms with Crippen LogP contribution in [0, 0.1) is 0 Å². The highest BCUT2D eigenvalue weighted by atomic mass is 16.3. The highest BCUT2D eigenvalue weighted by Gasteiger charge is 2.11. The van der Waals surface area contributed by atoms with Crippen molar-refractivity contribution in [3.63, 3.8) is 0 Å². The Morgan fingerprint density at radius 3 is 1.76 bits per heavy atom. The summed E-state index contributed by atoms with van der Waals surface area (Å²) in [6, 6.07) is 0. The molecule has 0 bridgehead atoms. The molecule has 0 saturated heterocycles. The molecule has 0 spiro atoms. The molecule has 0 fully saturated rings. The number of carbonyl (C=O) groups is 2. The molecule has 0 heterocycles. The smallest absolute Gasteiger partial charge is 0.229 e. The van der Waals surface area contributed by atoms with E-state index in [0.717, 1.165) is 45.8 Å². The predicted molar refractivity (Wildman–Crippen MR) is 152 cm³/mol. The van der Waals surface area contributed by atoms with E-state index in [9.17, 15) is 19.8 Å². The molecule has 0 saturated carbocycles. The summed E-state index contributed by atoms with van der Waals surface area (Å²) in [4.78, 5) is 25.9. The Bertz CT molecular complexity index is 555. The number of carbonyl (C=O) groups excluding carboxylic acids is 2. The van der Waals surface area contributed by atoms with E-state index in [-0.39, 0.29) is 30.4 Å². The largest absolute Gasteiger partial charge is 0.393 e. The lowest BCUT2D eigenvalue weighted by atomic mass is 9.75. The monoisotopic (exact) mass is 526 g/mol. The standard InChI is InChI=1S/C23H52B2N8O4/c1-24-16-20(34)18-30-7-6-27-4-5-28-8-10-31-22(36)15-23(37)32-11-9-29-12-14-33(13-3-26)19-21(35)17-25-2/h20-21,27-30,34-35H,3-19,26H2,1-2H3,(H,31,36)(H,32,37). The lowest BCUT2D eigenvalue weighted by molar-refractivity contribution is -0.129. The van der Waals surface area contributed by atoms with Gasteiger partial charge < -0.3 is 47.8 Å². The summed E-state index contributed by atoms with van der Waals surface area (Å²) in [5.41, 5.74) is 5.65. The number of aliphatic hydroxyl groups is 2. The second-order valence-corrected chi connectivity index (χ2v) is 9.02. The molecule has 0 aliphatic carbocycles. The maximum atomic E-state index is 11.9. The number of hydrogen-bond acceptors (Lipinski definition) is 10. The first-order chi connectivity index (χ1) is 17.9. The fraction of sp³-hybridized carbons (Fsp3) is 0.913. The van der Waals surface area contributed by atoms with Crippen molar-refractivity contribution in [3.05, 3.63) is 0 Å². The van der Waals surface area contributed by atoms with E-state index in [0.29, 0.717) is 58.5 Å². The number of aliphatic hydroxyl groups excluding tert-OH is 2. The molecular weight excluding hydrogens is 474 g/mol. The number of amides is 2. The topological polar surface area (TPSA) is 176 Å². The molecule has 0 aromatic carbocycles. The average molecular weight is 526 g/mol. The number of rotatable bonds is 27. The SMILES string of the molecule is C[B]CC(O)CNCCNCCNCCNC(=O)CC(=O)NCCNCCN(CCN)CC(O)C[B]C. The maximum absolute atomic E-state index is 11.9. The molecule has 14 heteroatoms. The molecule has 0 aromatic rings. The number of nitrogens with zero attached hydrogens (tertiary/aromatic N) is 1. The van der Waals surface area contributed by atoms with Crippen LogP contribution in [0.25, 0.3) is 0 Å². The van der Waals surface area contributed by atoms with Crippen molar-refractivity contribution in [2.24, 2.45) is 5.73 Å². The third-order valence-corrected chi connectivity index (χ3v) is 5.44. The lowest BCUT2D eigenvalue weighted by Gasteiger charge is -2.24. The minimum atomic E-state index is -0.385. The molecule has 2 atom stereocenters. The van der Waals surface area contributed by atoms with Gasteiger partial charge >= 0.3 is 0 Å². The second-order valence-electron chi connectivity index (χ2n) is 9.02. The fourth-order valence-corrected chi connectivity index (χ4v) is 3.56. The van der Waals surface area contributed by atoms with Gasteiger partial charge in [-0.05, 0) is 0 Å². The van der Waals surface area contributed by atoms with Gasteiger partial charge in [-0.25, -0.2) is 0 Å². The summed E-state index contributed by atoms with van der Waals surface area (Å²) in [6.45, 7) is 13.1. The first-order valence-electron chi connectivity index (χ1n) is 13.6. The summed E-state index contributed by atoms with van der Waals surface area (Å²) in [7, 11) is 3.91. The third-order valence-electron chi connectivity index (χ3n) is 5.44. The van der Waals surface area contributed by atoms with Crippen LogP contribution in [0.5, 0.6) is 0 Å². The first kappa shape index (κ1) is 35.7. The molecule has 10 N–H and O–H groups in total. The molecule has 12 nitrogen and oxygen atoms in total. The van der Waals surface area contributed by atoms with Crippen LogP contribution in [0.15, 0.2) is 0 Å². The van der Waals surface area contributed by atoms with Gasteiger partial charge in [0.2, 0.25) is 11.8 Å². The Kier molecular flexibility index (Phi) is 25.5. The highest BCUT2D eigenvalue weighted by molar-refractivity contribution is 6.33. The summed E-state index contributed by atoms with van der Waals surface area (Å²) in [6.07, 6.45) is 0.464. The van der Waals surface area contributed by atoms with Crippen molar-refractivity contribution < 1.29 is 19.8 Å². The average Bonchev–Trinajstić information content (AvgIpc) is 2.85. The predicted octanol–water partition coefficient (Wildman–Crippen LogP) is -3.71. The van der Waals surface area contributed by atoms with E-state index >= 15 is 0 Å². The van der Waals surface area contributed by atoms with Crippen molar-refractivity contribution in [3.8, 4) is 0 Å². The number of nitrogens with two attached hydrogens (primary N) is 1. The summed E-state index contributed by atoms with van der Waals surface area (Å²) in [5.74, 6) is -0.589. The van der Waals surface area contributed by atoms with Gasteiger partial charge in [-0.2, -0.15) is 0 Å². The number of nitrogens with one attached hydrogen (secondary N) is 6. The molecule has 0 aromatic heterocycles. The highest BCUT2D eigenvalue weighted by Crippen LogP contribution is 1.96. The minimum Gasteiger partial charge on any atom is -0.393 e. The van der Waals surface area contributed by atoms with E-state index in [1.807, 2.05) is 28.2 Å². The van der Waals surface area contributed by atoms with E-state index in [1.54, 1.807) is 0 Å². The van der Waals surface area contributed by atoms with Crippen LogP contribution in [0.3, 0.4) is 0 Å². The van der Waals surface area contributed by atoms with Crippen LogP contribution in [0.4, 0.5) is 0 Å². The zero-order valence-corrected chi connectivity index (χ0v) is 23.1. The molecule has 0 aliphatic rings. The van der Waals surface area contributed by atoms with Crippen molar-refractivity contribution in [1.29, 1.82) is 0 Å². The molecule has 2 amide bonds. The van der Waals surface area contributed by atoms with Gasteiger partial charge in [0.05, 0.1) is 12.2 Å². The van der Waals surface area contributed by atoms with Crippen molar-refractivity contribution in [1.82, 2.24) is 36.8 Å². The van der Waals surface area contributed by atoms with E-state index in [1.165, 1.54) is 0 Å². The summed E-state index contributed by atoms with van der Waals surface area (Å²) in [5, 5.41) is 38.0. The van der Waals surface area contributed by atoms with Crippen LogP contribution in [-0.4, -0.2) is 145 Å². The van der Waals surface area contributed by atoms with E-state index in [2.05, 4.69) is 36.8 Å². The van der Waals surface area contributed by atoms with E-state index in [4.69, 9.17) is 5.73 Å². The van der Waals surface area contributed by atoms with Gasteiger partial charge in [-0.15, -0.1) is 0 Å². The van der Waals surface area contributed by atoms with Crippen molar-refractivity contribution in [2.75, 3.05) is 91.6 Å². The van der Waals surface area contributed by atoms with Gasteiger partial charge in [0.1, 0.15) is 21.0 Å². The van der Waals surface area contributed by atoms with Crippen molar-refractivity contribution in [2.45, 2.75) is 44.9 Å². The van der Waals surface area contributed by atoms with Crippen LogP contribution < -0.4 is 37.6 Å². The van der Waals surface area contributed by atoms with Gasteiger partial charge in [-0.1, -0.05) is 26.3 Å². The van der Waals surface area contributed by atoms with Crippen LogP contribution in [-0.2, 0) is 9.59 Å². The molecule has 2 radical (unpaired) electrons. The second kappa shape index (κ2) is 26.4. The molecule has 37 heavy (non-hydrogen) atoms. The Morgan fingerprint density at radius 2 is 1.22 bits per heavy atom. The van der Waals surface area contributed by atoms with Crippen LogP contribution in [0.1, 0.15) is 6.42 Å². The van der Waals surface area contributed by atoms with Gasteiger partial charge in [-0.3, -0.25) is 14.5 Å². The maximum Gasteiger partial charge on any atom is 0.229 e. The van der Waals surface area contributed by atoms with Crippen molar-refractivity contribution >= 4 is 26.4 Å². The third kappa shape index (κ3) is 24.8. The summed E-state index contributed by atoms with van der Waals surface area (Å²) < 4.78 is 0. The van der Waals surface area contributed by atoms with Gasteiger partial charge in [0, 0.05) is 91.6 Å². The Labute approximate surface area is 225 Å². The summed E-state index contributed by atoms with van der Waals surface area (Å²) >= 11 is 0. The molecule has 0 aliphatic heterocycles. The lowest BCUT2D eigenvalue weighted by Crippen LogP contribution is -2.42. The van der Waals surface area contributed by atoms with Gasteiger partial charge in [0.15, 0.2) is 0 Å². The Balaban J connectivity index is 3.58. The molecular formula is C23H52B2N8O4. The van der Waals surface area contributed by atoms with E-state index < -0.39 is 0 Å². The zero-order chi connectivity index (χ0) is 27.6. The Hall–Kier alpha value is -1.25. The molecule has 2 unspecified atom stereocenters. The van der Waals surface area contributed by atoms with Crippen LogP contribution >= 0.6 is 0 Å². The first-order valence-corrected chi connectivity index (χ1v) is 13.6. The van der Waals surface area contributed by atoms with Crippen LogP contribution in [0.2, 0.25) is 26.3 Å². The Morgan fingerprint density at radius 1 is 0.730 bits per heavy atom. The molecule has 0 rings (SSSR count). The molecule has 214 valence electrons. The fourth-order valence-electron chi connectivity index (χ4n) is 3.56. The van der Waals surface area contributed by atoms with Gasteiger partial charge in [0.25, 0.3) is 0 Å². The minimum absolute atomic E-state index is 0.184. The quantitative estimate of drug-likeness (QED) is 0.0294. The normalized spacial score (nSPS) is 12.8. The number of hydrogen-bond donors (Lipinski definition) is 9.